The van der Waals surface area contributed by atoms with Crippen molar-refractivity contribution in [2.24, 2.45) is 51.8 Å². The standard InChI is InChI=1S/C34H45NO4S2/c1-19(36)26-18-41-40-17-22-15-32-11-9-21-16-33(31(32,2)29(21)30-27(37)14-28(39-3)34(30,33)38)10-5-8-25(32)24(22)13-20-6-4-7-23(12-20)35-26/h4-8,12,14,19,21-22,24-26,28-30,35-38H,9-11,13,15-18H2,1-3H3. The number of methoxy groups -OCH3 is 1. The summed E-state index contributed by atoms with van der Waals surface area (Å²) in [4.78, 5) is 0. The Bertz CT molecular complexity index is 1300. The van der Waals surface area contributed by atoms with E-state index < -0.39 is 17.8 Å². The largest absolute Gasteiger partial charge is 0.512 e. The second kappa shape index (κ2) is 9.20. The topological polar surface area (TPSA) is 82.0 Å². The van der Waals surface area contributed by atoms with Crippen LogP contribution in [0.1, 0.15) is 51.5 Å². The molecule has 0 aromatic heterocycles. The second-order valence-electron chi connectivity index (χ2n) is 14.8. The van der Waals surface area contributed by atoms with E-state index in [2.05, 4.69) is 48.7 Å². The average Bonchev–Trinajstić information content (AvgIpc) is 3.49. The number of benzene rings is 1. The van der Waals surface area contributed by atoms with E-state index >= 15 is 0 Å². The van der Waals surface area contributed by atoms with E-state index in [9.17, 15) is 15.3 Å². The number of aliphatic hydroxyl groups excluding tert-OH is 2. The van der Waals surface area contributed by atoms with Crippen molar-refractivity contribution in [2.75, 3.05) is 23.9 Å². The van der Waals surface area contributed by atoms with Crippen molar-refractivity contribution in [3.8, 4) is 0 Å². The second-order valence-corrected chi connectivity index (χ2v) is 17.3. The van der Waals surface area contributed by atoms with Gasteiger partial charge in [-0.25, -0.2) is 0 Å². The van der Waals surface area contributed by atoms with Crippen LogP contribution in [-0.2, 0) is 11.2 Å². The highest BCUT2D eigenvalue weighted by Crippen LogP contribution is 2.88. The maximum absolute atomic E-state index is 12.8. The lowest BCUT2D eigenvalue weighted by Gasteiger charge is -2.58. The first-order valence-corrected chi connectivity index (χ1v) is 18.3. The van der Waals surface area contributed by atoms with Crippen molar-refractivity contribution in [3.63, 3.8) is 0 Å². The van der Waals surface area contributed by atoms with Crippen LogP contribution in [0.3, 0.4) is 0 Å². The third kappa shape index (κ3) is 3.23. The van der Waals surface area contributed by atoms with Crippen LogP contribution in [0.5, 0.6) is 0 Å². The minimum absolute atomic E-state index is 0.0203. The van der Waals surface area contributed by atoms with Gasteiger partial charge < -0.3 is 25.4 Å². The molecule has 1 aliphatic heterocycles. The molecule has 0 amide bonds. The van der Waals surface area contributed by atoms with Crippen LogP contribution in [0.15, 0.2) is 48.3 Å². The number of anilines is 1. The first-order valence-electron chi connectivity index (χ1n) is 15.8. The van der Waals surface area contributed by atoms with Gasteiger partial charge in [0.2, 0.25) is 0 Å². The van der Waals surface area contributed by atoms with Crippen LogP contribution >= 0.6 is 21.6 Å². The van der Waals surface area contributed by atoms with Crippen molar-refractivity contribution in [1.29, 1.82) is 0 Å². The Hall–Kier alpha value is -1.12. The highest BCUT2D eigenvalue weighted by atomic mass is 33.1. The van der Waals surface area contributed by atoms with E-state index in [1.807, 2.05) is 34.6 Å². The molecule has 41 heavy (non-hydrogen) atoms. The van der Waals surface area contributed by atoms with E-state index in [0.717, 1.165) is 36.5 Å². The average molecular weight is 596 g/mol. The van der Waals surface area contributed by atoms with Gasteiger partial charge in [0.15, 0.2) is 0 Å². The van der Waals surface area contributed by atoms with Crippen LogP contribution in [-0.4, -0.2) is 57.8 Å². The maximum atomic E-state index is 12.8. The van der Waals surface area contributed by atoms with Crippen molar-refractivity contribution in [1.82, 2.24) is 0 Å². The summed E-state index contributed by atoms with van der Waals surface area (Å²) >= 11 is 0. The van der Waals surface area contributed by atoms with E-state index in [4.69, 9.17) is 4.74 Å². The van der Waals surface area contributed by atoms with Gasteiger partial charge in [-0.15, -0.1) is 0 Å². The molecule has 222 valence electrons. The quantitative estimate of drug-likeness (QED) is 0.238. The van der Waals surface area contributed by atoms with Crippen molar-refractivity contribution in [3.05, 3.63) is 53.8 Å². The maximum Gasteiger partial charge on any atom is 0.111 e. The smallest absolute Gasteiger partial charge is 0.111 e. The number of fused-ring (bicyclic) bond motifs is 5. The summed E-state index contributed by atoms with van der Waals surface area (Å²) in [6.45, 7) is 4.44. The summed E-state index contributed by atoms with van der Waals surface area (Å²) in [6.07, 6.45) is 12.6. The molecular weight excluding hydrogens is 551 g/mol. The number of nitrogens with one attached hydrogen (secondary N) is 1. The zero-order chi connectivity index (χ0) is 28.4. The molecule has 0 saturated heterocycles. The lowest BCUT2D eigenvalue weighted by molar-refractivity contribution is -0.189. The molecule has 4 saturated carbocycles. The predicted molar refractivity (Wildman–Crippen MR) is 167 cm³/mol. The molecule has 7 heteroatoms. The third-order valence-electron chi connectivity index (χ3n) is 13.8. The fraction of sp³-hybridized carbons (Fsp3) is 0.706. The number of ether oxygens (including phenoxy) is 1. The van der Waals surface area contributed by atoms with E-state index in [1.165, 1.54) is 24.8 Å². The third-order valence-corrected chi connectivity index (χ3v) is 16.3. The van der Waals surface area contributed by atoms with Crippen LogP contribution in [0.25, 0.3) is 0 Å². The van der Waals surface area contributed by atoms with E-state index in [0.29, 0.717) is 35.3 Å². The minimum Gasteiger partial charge on any atom is -0.512 e. The first kappa shape index (κ1) is 27.4. The van der Waals surface area contributed by atoms with Crippen molar-refractivity contribution < 1.29 is 20.1 Å². The molecule has 0 radical (unpaired) electrons. The number of hydrogen-bond donors (Lipinski definition) is 4. The normalized spacial score (nSPS) is 51.8. The molecule has 5 nitrogen and oxygen atoms in total. The summed E-state index contributed by atoms with van der Waals surface area (Å²) in [5.41, 5.74) is 1.18. The molecular formula is C34H45NO4S2. The molecule has 6 bridgehead atoms. The fourth-order valence-electron chi connectivity index (χ4n) is 12.4. The monoisotopic (exact) mass is 595 g/mol. The molecule has 13 atom stereocenters. The van der Waals surface area contributed by atoms with Gasteiger partial charge in [0.25, 0.3) is 0 Å². The number of aliphatic hydroxyl groups is 3. The lowest BCUT2D eigenvalue weighted by atomic mass is 9.45. The highest BCUT2D eigenvalue weighted by Gasteiger charge is 2.88. The molecule has 1 heterocycles. The lowest BCUT2D eigenvalue weighted by Crippen LogP contribution is -2.60. The molecule has 13 unspecified atom stereocenters. The number of rotatable bonds is 2. The molecule has 4 N–H and O–H groups in total. The van der Waals surface area contributed by atoms with Crippen LogP contribution in [0.4, 0.5) is 5.69 Å². The highest BCUT2D eigenvalue weighted by molar-refractivity contribution is 8.76. The number of hydrogen-bond acceptors (Lipinski definition) is 7. The SMILES string of the molecule is COC1C=C(O)C2C3C4CCC56CC7CSSCC(C(C)O)Nc8cccc(c8)CC7C5C=CCC(C4)(C12O)C36C. The Kier molecular flexibility index (Phi) is 6.15. The molecule has 8 rings (SSSR count). The molecule has 4 fully saturated rings. The predicted octanol–water partition coefficient (Wildman–Crippen LogP) is 6.24. The molecule has 1 aromatic rings. The summed E-state index contributed by atoms with van der Waals surface area (Å²) in [6, 6.07) is 8.93. The Labute approximate surface area is 252 Å². The summed E-state index contributed by atoms with van der Waals surface area (Å²) < 4.78 is 5.97. The van der Waals surface area contributed by atoms with Gasteiger partial charge in [0, 0.05) is 29.7 Å². The van der Waals surface area contributed by atoms with E-state index in [1.54, 1.807) is 7.11 Å². The van der Waals surface area contributed by atoms with Crippen LogP contribution in [0, 0.1) is 51.8 Å². The van der Waals surface area contributed by atoms with Gasteiger partial charge in [0.05, 0.1) is 23.8 Å². The van der Waals surface area contributed by atoms with Crippen molar-refractivity contribution >= 4 is 27.3 Å². The zero-order valence-corrected chi connectivity index (χ0v) is 26.1. The molecule has 6 aliphatic carbocycles. The van der Waals surface area contributed by atoms with Gasteiger partial charge >= 0.3 is 0 Å². The zero-order valence-electron chi connectivity index (χ0n) is 24.5. The molecule has 1 spiro atoms. The van der Waals surface area contributed by atoms with Gasteiger partial charge in [0.1, 0.15) is 11.7 Å². The van der Waals surface area contributed by atoms with Crippen LogP contribution in [0.2, 0.25) is 0 Å². The summed E-state index contributed by atoms with van der Waals surface area (Å²) in [5.74, 6) is 4.60. The van der Waals surface area contributed by atoms with Gasteiger partial charge in [-0.3, -0.25) is 0 Å². The Morgan fingerprint density at radius 1 is 1.15 bits per heavy atom. The van der Waals surface area contributed by atoms with Crippen molar-refractivity contribution in [2.45, 2.75) is 76.2 Å². The van der Waals surface area contributed by atoms with Crippen LogP contribution < -0.4 is 5.32 Å². The number of allylic oxidation sites excluding steroid dienone is 2. The Balaban J connectivity index is 1.24. The molecule has 1 aromatic carbocycles. The minimum atomic E-state index is -1.05. The van der Waals surface area contributed by atoms with E-state index in [-0.39, 0.29) is 28.2 Å². The van der Waals surface area contributed by atoms with Gasteiger partial charge in [-0.2, -0.15) is 0 Å². The Morgan fingerprint density at radius 3 is 2.78 bits per heavy atom. The summed E-state index contributed by atoms with van der Waals surface area (Å²) in [5, 5.41) is 38.3. The molecule has 7 aliphatic rings. The Morgan fingerprint density at radius 2 is 1.98 bits per heavy atom. The van der Waals surface area contributed by atoms with Gasteiger partial charge in [-0.1, -0.05) is 52.8 Å². The summed E-state index contributed by atoms with van der Waals surface area (Å²) in [7, 11) is 5.59. The fourth-order valence-corrected chi connectivity index (χ4v) is 15.2. The van der Waals surface area contributed by atoms with Gasteiger partial charge in [-0.05, 0) is 110 Å². The first-order chi connectivity index (χ1) is 19.7.